The molecule has 0 amide bonds. The number of nitrogens with one attached hydrogen (secondary N) is 1. The lowest BCUT2D eigenvalue weighted by molar-refractivity contribution is 0.554. The highest BCUT2D eigenvalue weighted by molar-refractivity contribution is 5.69. The van der Waals surface area contributed by atoms with Crippen molar-refractivity contribution in [1.82, 2.24) is 44.5 Å². The first-order valence-corrected chi connectivity index (χ1v) is 7.79. The van der Waals surface area contributed by atoms with Gasteiger partial charge in [-0.1, -0.05) is 11.3 Å². The third kappa shape index (κ3) is 2.17. The lowest BCUT2D eigenvalue weighted by Gasteiger charge is -2.12. The van der Waals surface area contributed by atoms with Crippen molar-refractivity contribution in [2.45, 2.75) is 13.0 Å². The summed E-state index contributed by atoms with van der Waals surface area (Å²) >= 11 is 0. The van der Waals surface area contributed by atoms with Crippen LogP contribution < -0.4 is 0 Å². The van der Waals surface area contributed by atoms with Gasteiger partial charge in [-0.15, -0.1) is 5.10 Å². The van der Waals surface area contributed by atoms with Crippen LogP contribution in [0.25, 0.3) is 28.2 Å². The zero-order chi connectivity index (χ0) is 16.8. The van der Waals surface area contributed by atoms with Crippen LogP contribution in [0, 0.1) is 0 Å². The van der Waals surface area contributed by atoms with Crippen LogP contribution in [0.5, 0.6) is 0 Å². The van der Waals surface area contributed by atoms with E-state index in [0.717, 1.165) is 22.5 Å². The molecule has 0 aliphatic heterocycles. The molecular weight excluding hydrogens is 318 g/mol. The average Bonchev–Trinajstić information content (AvgIpc) is 3.39. The Morgan fingerprint density at radius 3 is 3.00 bits per heavy atom. The summed E-state index contributed by atoms with van der Waals surface area (Å²) in [4.78, 5) is 13.3. The number of H-pyrrole nitrogens is 1. The fraction of sp³-hybridized carbons (Fsp3) is 0.125. The lowest BCUT2D eigenvalue weighted by atomic mass is 10.1. The summed E-state index contributed by atoms with van der Waals surface area (Å²) in [6.45, 7) is 2.05. The molecule has 1 N–H and O–H groups in total. The maximum absolute atomic E-state index is 4.67. The maximum atomic E-state index is 4.67. The Hall–Kier alpha value is -3.62. The second kappa shape index (κ2) is 5.20. The molecule has 122 valence electrons. The van der Waals surface area contributed by atoms with Gasteiger partial charge in [0.1, 0.15) is 5.65 Å². The van der Waals surface area contributed by atoms with Crippen LogP contribution >= 0.6 is 0 Å². The topological polar surface area (TPSA) is 102 Å². The molecule has 9 heteroatoms. The minimum Gasteiger partial charge on any atom is -0.307 e. The van der Waals surface area contributed by atoms with E-state index in [-0.39, 0.29) is 6.04 Å². The summed E-state index contributed by atoms with van der Waals surface area (Å²) < 4.78 is 3.76. The number of aromatic nitrogens is 9. The third-order valence-corrected chi connectivity index (χ3v) is 4.24. The molecule has 25 heavy (non-hydrogen) atoms. The minimum absolute atomic E-state index is 0.0503. The molecule has 5 rings (SSSR count). The Labute approximate surface area is 141 Å². The van der Waals surface area contributed by atoms with Crippen LogP contribution in [0.1, 0.15) is 18.5 Å². The average molecular weight is 331 g/mol. The molecule has 1 atom stereocenters. The van der Waals surface area contributed by atoms with Crippen LogP contribution in [0.3, 0.4) is 0 Å². The Balaban J connectivity index is 1.62. The predicted octanol–water partition coefficient (Wildman–Crippen LogP) is 1.87. The largest absolute Gasteiger partial charge is 0.307 e. The molecule has 0 saturated carbocycles. The molecule has 0 aliphatic rings. The second-order valence-corrected chi connectivity index (χ2v) is 5.75. The molecule has 5 aromatic heterocycles. The van der Waals surface area contributed by atoms with Crippen LogP contribution in [0.4, 0.5) is 0 Å². The number of hydrogen-bond donors (Lipinski definition) is 1. The van der Waals surface area contributed by atoms with E-state index in [0.29, 0.717) is 11.3 Å². The molecule has 0 aliphatic carbocycles. The standard InChI is InChI=1S/C16H13N9/c1-10(11-2-3-14-17-4-5-24(14)9-11)25-16-15(22-23-25)18-8-13(21-16)12-6-19-20-7-12/h2-10H,1H3,(H,19,20). The first-order chi connectivity index (χ1) is 12.3. The first-order valence-electron chi connectivity index (χ1n) is 7.79. The maximum Gasteiger partial charge on any atom is 0.221 e. The summed E-state index contributed by atoms with van der Waals surface area (Å²) in [6.07, 6.45) is 10.9. The van der Waals surface area contributed by atoms with Crippen molar-refractivity contribution in [3.8, 4) is 11.3 Å². The highest BCUT2D eigenvalue weighted by Gasteiger charge is 2.17. The van der Waals surface area contributed by atoms with E-state index in [9.17, 15) is 0 Å². The van der Waals surface area contributed by atoms with E-state index in [2.05, 4.69) is 42.4 Å². The van der Waals surface area contributed by atoms with Crippen molar-refractivity contribution >= 4 is 16.9 Å². The fourth-order valence-corrected chi connectivity index (χ4v) is 2.85. The van der Waals surface area contributed by atoms with E-state index in [1.54, 1.807) is 29.5 Å². The van der Waals surface area contributed by atoms with Gasteiger partial charge in [0.15, 0.2) is 5.65 Å². The Morgan fingerprint density at radius 2 is 2.12 bits per heavy atom. The lowest BCUT2D eigenvalue weighted by Crippen LogP contribution is -2.10. The van der Waals surface area contributed by atoms with Gasteiger partial charge in [-0.05, 0) is 18.6 Å². The molecule has 0 spiro atoms. The van der Waals surface area contributed by atoms with Gasteiger partial charge < -0.3 is 4.40 Å². The smallest absolute Gasteiger partial charge is 0.221 e. The van der Waals surface area contributed by atoms with E-state index in [1.165, 1.54) is 0 Å². The molecule has 0 saturated heterocycles. The Morgan fingerprint density at radius 1 is 1.16 bits per heavy atom. The summed E-state index contributed by atoms with van der Waals surface area (Å²) in [5.74, 6) is 0. The van der Waals surface area contributed by atoms with Gasteiger partial charge >= 0.3 is 0 Å². The van der Waals surface area contributed by atoms with E-state index >= 15 is 0 Å². The van der Waals surface area contributed by atoms with Crippen molar-refractivity contribution in [3.05, 3.63) is 54.9 Å². The number of imidazole rings is 1. The summed E-state index contributed by atoms with van der Waals surface area (Å²) in [7, 11) is 0. The molecule has 0 bridgehead atoms. The van der Waals surface area contributed by atoms with Gasteiger partial charge in [-0.25, -0.2) is 19.6 Å². The molecule has 1 unspecified atom stereocenters. The Kier molecular flexibility index (Phi) is 2.87. The highest BCUT2D eigenvalue weighted by Crippen LogP contribution is 2.22. The van der Waals surface area contributed by atoms with E-state index in [1.807, 2.05) is 28.9 Å². The predicted molar refractivity (Wildman–Crippen MR) is 89.7 cm³/mol. The molecule has 0 radical (unpaired) electrons. The Bertz CT molecular complexity index is 1170. The zero-order valence-electron chi connectivity index (χ0n) is 13.3. The van der Waals surface area contributed by atoms with Crippen molar-refractivity contribution in [3.63, 3.8) is 0 Å². The van der Waals surface area contributed by atoms with Crippen LogP contribution in [-0.4, -0.2) is 44.5 Å². The normalized spacial score (nSPS) is 12.8. The van der Waals surface area contributed by atoms with Crippen LogP contribution in [-0.2, 0) is 0 Å². The number of rotatable bonds is 3. The van der Waals surface area contributed by atoms with Crippen molar-refractivity contribution in [2.75, 3.05) is 0 Å². The third-order valence-electron chi connectivity index (χ3n) is 4.24. The van der Waals surface area contributed by atoms with Crippen molar-refractivity contribution < 1.29 is 0 Å². The second-order valence-electron chi connectivity index (χ2n) is 5.75. The monoisotopic (exact) mass is 331 g/mol. The minimum atomic E-state index is -0.0503. The van der Waals surface area contributed by atoms with Gasteiger partial charge in [0.05, 0.1) is 24.1 Å². The van der Waals surface area contributed by atoms with Crippen LogP contribution in [0.2, 0.25) is 0 Å². The van der Waals surface area contributed by atoms with Crippen LogP contribution in [0.15, 0.2) is 49.3 Å². The summed E-state index contributed by atoms with van der Waals surface area (Å²) in [5.41, 5.74) is 4.73. The number of hydrogen-bond acceptors (Lipinski definition) is 6. The molecule has 0 aromatic carbocycles. The highest BCUT2D eigenvalue weighted by atomic mass is 15.5. The summed E-state index contributed by atoms with van der Waals surface area (Å²) in [6, 6.07) is 3.97. The SMILES string of the molecule is CC(c1ccc2nccn2c1)n1nnc2ncc(-c3cn[nH]c3)nc21. The first kappa shape index (κ1) is 13.8. The molecule has 5 aromatic rings. The quantitative estimate of drug-likeness (QED) is 0.541. The van der Waals surface area contributed by atoms with E-state index < -0.39 is 0 Å². The van der Waals surface area contributed by atoms with E-state index in [4.69, 9.17) is 0 Å². The number of aromatic amines is 1. The van der Waals surface area contributed by atoms with Crippen molar-refractivity contribution in [2.24, 2.45) is 0 Å². The molecule has 5 heterocycles. The molecule has 9 nitrogen and oxygen atoms in total. The number of nitrogens with zero attached hydrogens (tertiary/aromatic N) is 8. The number of pyridine rings is 1. The van der Waals surface area contributed by atoms with Gasteiger partial charge in [0.2, 0.25) is 5.65 Å². The fourth-order valence-electron chi connectivity index (χ4n) is 2.85. The number of fused-ring (bicyclic) bond motifs is 2. The van der Waals surface area contributed by atoms with Crippen molar-refractivity contribution in [1.29, 1.82) is 0 Å². The van der Waals surface area contributed by atoms with Gasteiger partial charge in [0.25, 0.3) is 0 Å². The summed E-state index contributed by atoms with van der Waals surface area (Å²) in [5, 5.41) is 15.1. The zero-order valence-corrected chi connectivity index (χ0v) is 13.3. The molecule has 0 fully saturated rings. The molecular formula is C16H13N9. The van der Waals surface area contributed by atoms with Gasteiger partial charge in [-0.2, -0.15) is 5.10 Å². The van der Waals surface area contributed by atoms with Gasteiger partial charge in [0, 0.05) is 30.4 Å². The van der Waals surface area contributed by atoms with Gasteiger partial charge in [-0.3, -0.25) is 5.10 Å².